The van der Waals surface area contributed by atoms with Gasteiger partial charge in [0.15, 0.2) is 5.69 Å². The molecule has 0 aliphatic rings. The molecule has 0 aliphatic heterocycles. The molecule has 72 valence electrons. The minimum atomic E-state index is -0.345. The zero-order chi connectivity index (χ0) is 9.80. The Balaban J connectivity index is 1.90. The average Bonchev–Trinajstić information content (AvgIpc) is 2.87. The number of aromatic nitrogens is 2. The molecule has 0 aromatic carbocycles. The van der Waals surface area contributed by atoms with E-state index in [4.69, 9.17) is 4.42 Å². The zero-order valence-electron chi connectivity index (χ0n) is 7.14. The number of hydrogen-bond acceptors (Lipinski definition) is 5. The largest absolute Gasteiger partial charge is 0.467 e. The molecule has 0 saturated heterocycles. The highest BCUT2D eigenvalue weighted by molar-refractivity contribution is 5.91. The van der Waals surface area contributed by atoms with Crippen LogP contribution in [0, 0.1) is 0 Å². The Morgan fingerprint density at radius 2 is 2.50 bits per heavy atom. The lowest BCUT2D eigenvalue weighted by Gasteiger charge is -1.97. The fourth-order valence-electron chi connectivity index (χ4n) is 0.936. The number of nitrogens with zero attached hydrogens (tertiary/aromatic N) is 2. The van der Waals surface area contributed by atoms with E-state index in [-0.39, 0.29) is 11.6 Å². The number of hydrogen-bond donors (Lipinski definition) is 1. The van der Waals surface area contributed by atoms with E-state index in [0.717, 1.165) is 0 Å². The van der Waals surface area contributed by atoms with Crippen LogP contribution in [0.25, 0.3) is 0 Å². The molecule has 0 saturated carbocycles. The maximum Gasteiger partial charge on any atom is 0.275 e. The van der Waals surface area contributed by atoms with Gasteiger partial charge < -0.3 is 9.73 Å². The normalized spacial score (nSPS) is 10.0. The summed E-state index contributed by atoms with van der Waals surface area (Å²) in [6, 6.07) is 3.51. The van der Waals surface area contributed by atoms with Crippen LogP contribution in [0.1, 0.15) is 16.2 Å². The van der Waals surface area contributed by atoms with Gasteiger partial charge in [0.25, 0.3) is 5.91 Å². The summed E-state index contributed by atoms with van der Waals surface area (Å²) in [6.07, 6.45) is 2.79. The van der Waals surface area contributed by atoms with E-state index < -0.39 is 0 Å². The van der Waals surface area contributed by atoms with E-state index >= 15 is 0 Å². The van der Waals surface area contributed by atoms with E-state index in [9.17, 15) is 4.79 Å². The molecule has 0 aliphatic carbocycles. The maximum atomic E-state index is 11.3. The molecular weight excluding hydrogens is 186 g/mol. The van der Waals surface area contributed by atoms with Crippen LogP contribution in [0.3, 0.4) is 0 Å². The molecular formula is C8H7N3O3. The number of carbonyl (C=O) groups excluding carboxylic acids is 1. The summed E-state index contributed by atoms with van der Waals surface area (Å²) in [5.74, 6) is 0.331. The van der Waals surface area contributed by atoms with Crippen LogP contribution >= 0.6 is 0 Å². The number of rotatable bonds is 3. The van der Waals surface area contributed by atoms with Crippen LogP contribution in [0.2, 0.25) is 0 Å². The van der Waals surface area contributed by atoms with Crippen molar-refractivity contribution in [3.05, 3.63) is 36.0 Å². The van der Waals surface area contributed by atoms with Crippen LogP contribution in [-0.2, 0) is 6.54 Å². The quantitative estimate of drug-likeness (QED) is 0.771. The highest BCUT2D eigenvalue weighted by atomic mass is 16.6. The van der Waals surface area contributed by atoms with Gasteiger partial charge in [-0.3, -0.25) is 4.79 Å². The van der Waals surface area contributed by atoms with Gasteiger partial charge in [-0.2, -0.15) is 0 Å². The first-order chi connectivity index (χ1) is 6.86. The van der Waals surface area contributed by atoms with E-state index in [1.165, 1.54) is 6.20 Å². The standard InChI is InChI=1S/C8H7N3O3/c12-8(7-5-10-14-11-7)9-4-6-2-1-3-13-6/h1-3,5H,4H2,(H,9,12). The van der Waals surface area contributed by atoms with Gasteiger partial charge in [-0.15, -0.1) is 0 Å². The Hall–Kier alpha value is -2.11. The molecule has 1 amide bonds. The summed E-state index contributed by atoms with van der Waals surface area (Å²) in [7, 11) is 0. The van der Waals surface area contributed by atoms with E-state index in [1.54, 1.807) is 18.4 Å². The third kappa shape index (κ3) is 1.79. The molecule has 0 spiro atoms. The second-order valence-electron chi connectivity index (χ2n) is 2.55. The predicted molar refractivity (Wildman–Crippen MR) is 44.2 cm³/mol. The maximum absolute atomic E-state index is 11.3. The predicted octanol–water partition coefficient (Wildman–Crippen LogP) is 0.593. The summed E-state index contributed by atoms with van der Waals surface area (Å²) in [4.78, 5) is 11.3. The molecule has 2 heterocycles. The lowest BCUT2D eigenvalue weighted by atomic mass is 10.4. The Kier molecular flexibility index (Phi) is 2.26. The highest BCUT2D eigenvalue weighted by Gasteiger charge is 2.09. The lowest BCUT2D eigenvalue weighted by molar-refractivity contribution is 0.0938. The van der Waals surface area contributed by atoms with Crippen LogP contribution in [-0.4, -0.2) is 16.2 Å². The third-order valence-electron chi connectivity index (χ3n) is 1.60. The second-order valence-corrected chi connectivity index (χ2v) is 2.55. The molecule has 0 bridgehead atoms. The Bertz CT molecular complexity index is 393. The lowest BCUT2D eigenvalue weighted by Crippen LogP contribution is -2.22. The molecule has 6 nitrogen and oxygen atoms in total. The summed E-state index contributed by atoms with van der Waals surface area (Å²) in [5.41, 5.74) is 0.150. The molecule has 0 radical (unpaired) electrons. The first-order valence-electron chi connectivity index (χ1n) is 3.94. The Labute approximate surface area is 78.9 Å². The summed E-state index contributed by atoms with van der Waals surface area (Å²) >= 11 is 0. The molecule has 2 aromatic rings. The zero-order valence-corrected chi connectivity index (χ0v) is 7.14. The van der Waals surface area contributed by atoms with Crippen molar-refractivity contribution in [2.45, 2.75) is 6.54 Å². The van der Waals surface area contributed by atoms with Gasteiger partial charge in [0.2, 0.25) is 0 Å². The van der Waals surface area contributed by atoms with Gasteiger partial charge in [0.05, 0.1) is 12.8 Å². The van der Waals surface area contributed by atoms with E-state index in [1.807, 2.05) is 0 Å². The summed E-state index contributed by atoms with van der Waals surface area (Å²) in [6.45, 7) is 0.318. The molecule has 14 heavy (non-hydrogen) atoms. The van der Waals surface area contributed by atoms with Crippen LogP contribution in [0.4, 0.5) is 0 Å². The second kappa shape index (κ2) is 3.73. The average molecular weight is 193 g/mol. The van der Waals surface area contributed by atoms with Crippen LogP contribution in [0.15, 0.2) is 33.6 Å². The minimum Gasteiger partial charge on any atom is -0.467 e. The van der Waals surface area contributed by atoms with Crippen LogP contribution in [0.5, 0.6) is 0 Å². The fraction of sp³-hybridized carbons (Fsp3) is 0.125. The Morgan fingerprint density at radius 1 is 1.57 bits per heavy atom. The molecule has 2 rings (SSSR count). The van der Waals surface area contributed by atoms with Crippen LogP contribution < -0.4 is 5.32 Å². The topological polar surface area (TPSA) is 81.2 Å². The fourth-order valence-corrected chi connectivity index (χ4v) is 0.936. The first-order valence-corrected chi connectivity index (χ1v) is 3.94. The molecule has 6 heteroatoms. The highest BCUT2D eigenvalue weighted by Crippen LogP contribution is 1.99. The van der Waals surface area contributed by atoms with Crippen molar-refractivity contribution in [1.82, 2.24) is 15.6 Å². The van der Waals surface area contributed by atoms with Crippen molar-refractivity contribution >= 4 is 5.91 Å². The molecule has 1 N–H and O–H groups in total. The monoisotopic (exact) mass is 193 g/mol. The van der Waals surface area contributed by atoms with Crippen molar-refractivity contribution in [1.29, 1.82) is 0 Å². The van der Waals surface area contributed by atoms with E-state index in [2.05, 4.69) is 20.3 Å². The van der Waals surface area contributed by atoms with Gasteiger partial charge in [-0.1, -0.05) is 5.16 Å². The van der Waals surface area contributed by atoms with Crippen molar-refractivity contribution < 1.29 is 13.8 Å². The van der Waals surface area contributed by atoms with Crippen molar-refractivity contribution in [2.75, 3.05) is 0 Å². The molecule has 0 fully saturated rings. The summed E-state index contributed by atoms with van der Waals surface area (Å²) in [5, 5.41) is 9.30. The minimum absolute atomic E-state index is 0.150. The van der Waals surface area contributed by atoms with E-state index in [0.29, 0.717) is 12.3 Å². The number of carbonyl (C=O) groups is 1. The number of amides is 1. The van der Waals surface area contributed by atoms with Gasteiger partial charge >= 0.3 is 0 Å². The van der Waals surface area contributed by atoms with Gasteiger partial charge in [0, 0.05) is 0 Å². The number of nitrogens with one attached hydrogen (secondary N) is 1. The van der Waals surface area contributed by atoms with Gasteiger partial charge in [-0.25, -0.2) is 4.63 Å². The first kappa shape index (κ1) is 8.49. The third-order valence-corrected chi connectivity index (χ3v) is 1.60. The number of furan rings is 1. The van der Waals surface area contributed by atoms with Gasteiger partial charge in [0.1, 0.15) is 12.0 Å². The van der Waals surface area contributed by atoms with Gasteiger partial charge in [-0.05, 0) is 17.3 Å². The van der Waals surface area contributed by atoms with Crippen molar-refractivity contribution in [3.63, 3.8) is 0 Å². The van der Waals surface area contributed by atoms with Crippen molar-refractivity contribution in [3.8, 4) is 0 Å². The smallest absolute Gasteiger partial charge is 0.275 e. The SMILES string of the molecule is O=C(NCc1ccco1)c1cnon1. The molecule has 0 unspecified atom stereocenters. The Morgan fingerprint density at radius 3 is 3.14 bits per heavy atom. The van der Waals surface area contributed by atoms with Crippen molar-refractivity contribution in [2.24, 2.45) is 0 Å². The summed E-state index contributed by atoms with van der Waals surface area (Å²) < 4.78 is 9.32. The molecule has 2 aromatic heterocycles. The molecule has 0 atom stereocenters.